The monoisotopic (exact) mass is 409 g/mol. The van der Waals surface area contributed by atoms with Gasteiger partial charge in [0.05, 0.1) is 18.7 Å². The minimum atomic E-state index is -0.506. The van der Waals surface area contributed by atoms with E-state index in [1.807, 2.05) is 0 Å². The van der Waals surface area contributed by atoms with Crippen LogP contribution < -0.4 is 14.8 Å². The number of halogens is 2. The lowest BCUT2D eigenvalue weighted by Crippen LogP contribution is -2.32. The molecule has 0 spiro atoms. The van der Waals surface area contributed by atoms with Crippen LogP contribution >= 0.6 is 23.2 Å². The molecule has 0 bridgehead atoms. The Bertz CT molecular complexity index is 871. The van der Waals surface area contributed by atoms with Crippen LogP contribution in [-0.2, 0) is 20.7 Å². The van der Waals surface area contributed by atoms with Crippen LogP contribution in [0.15, 0.2) is 36.4 Å². The Morgan fingerprint density at radius 1 is 1.19 bits per heavy atom. The number of anilines is 1. The van der Waals surface area contributed by atoms with Gasteiger partial charge >= 0.3 is 5.97 Å². The molecular formula is C19H17Cl2NO5. The molecule has 0 radical (unpaired) electrons. The summed E-state index contributed by atoms with van der Waals surface area (Å²) in [4.78, 5) is 24.4. The Kier molecular flexibility index (Phi) is 6.08. The molecule has 142 valence electrons. The number of nitrogens with one attached hydrogen (secondary N) is 1. The quantitative estimate of drug-likeness (QED) is 0.761. The second kappa shape index (κ2) is 8.50. The standard InChI is InChI=1S/C19H17Cl2NO5/c1-25-17-5-3-14(21)8-15(17)22-18(23)10-27-19(24)12-6-11-7-13(20)2-4-16(11)26-9-12/h2-5,7-8,12H,6,9-10H2,1H3,(H,22,23)/t12-/m0/s1. The highest BCUT2D eigenvalue weighted by atomic mass is 35.5. The van der Waals surface area contributed by atoms with Crippen LogP contribution in [0.5, 0.6) is 11.5 Å². The van der Waals surface area contributed by atoms with Gasteiger partial charge in [-0.05, 0) is 48.4 Å². The Labute approximate surface area is 166 Å². The maximum absolute atomic E-state index is 12.3. The zero-order chi connectivity index (χ0) is 19.4. The predicted octanol–water partition coefficient (Wildman–Crippen LogP) is 3.74. The van der Waals surface area contributed by atoms with E-state index in [1.54, 1.807) is 36.4 Å². The van der Waals surface area contributed by atoms with Gasteiger partial charge in [-0.1, -0.05) is 23.2 Å². The zero-order valence-electron chi connectivity index (χ0n) is 14.5. The second-order valence-corrected chi connectivity index (χ2v) is 6.84. The smallest absolute Gasteiger partial charge is 0.313 e. The molecule has 0 saturated carbocycles. The molecule has 1 heterocycles. The number of methoxy groups -OCH3 is 1. The molecule has 27 heavy (non-hydrogen) atoms. The van der Waals surface area contributed by atoms with Gasteiger partial charge in [-0.15, -0.1) is 0 Å². The van der Waals surface area contributed by atoms with Crippen LogP contribution in [0.1, 0.15) is 5.56 Å². The zero-order valence-corrected chi connectivity index (χ0v) is 16.0. The molecule has 1 N–H and O–H groups in total. The van der Waals surface area contributed by atoms with Crippen LogP contribution in [-0.4, -0.2) is 32.2 Å². The lowest BCUT2D eigenvalue weighted by atomic mass is 9.97. The SMILES string of the molecule is COc1ccc(Cl)cc1NC(=O)COC(=O)[C@@H]1COc2ccc(Cl)cc2C1. The Hall–Kier alpha value is -2.44. The molecule has 3 rings (SSSR count). The summed E-state index contributed by atoms with van der Waals surface area (Å²) in [5, 5.41) is 3.62. The number of hydrogen-bond acceptors (Lipinski definition) is 5. The molecule has 6 nitrogen and oxygen atoms in total. The van der Waals surface area contributed by atoms with Crippen molar-refractivity contribution in [2.75, 3.05) is 25.6 Å². The van der Waals surface area contributed by atoms with E-state index in [-0.39, 0.29) is 6.61 Å². The van der Waals surface area contributed by atoms with Gasteiger partial charge in [0.2, 0.25) is 0 Å². The molecule has 0 aliphatic carbocycles. The normalized spacial score (nSPS) is 15.3. The van der Waals surface area contributed by atoms with E-state index in [2.05, 4.69) is 5.32 Å². The maximum atomic E-state index is 12.3. The molecule has 2 aromatic carbocycles. The minimum Gasteiger partial charge on any atom is -0.495 e. The Morgan fingerprint density at radius 2 is 1.93 bits per heavy atom. The summed E-state index contributed by atoms with van der Waals surface area (Å²) in [6, 6.07) is 10.1. The average molecular weight is 410 g/mol. The molecular weight excluding hydrogens is 393 g/mol. The summed E-state index contributed by atoms with van der Waals surface area (Å²) in [6.45, 7) is -0.232. The van der Waals surface area contributed by atoms with Gasteiger partial charge in [0.15, 0.2) is 6.61 Å². The first kappa shape index (κ1) is 19.3. The minimum absolute atomic E-state index is 0.192. The first-order chi connectivity index (χ1) is 13.0. The van der Waals surface area contributed by atoms with E-state index in [0.29, 0.717) is 33.7 Å². The van der Waals surface area contributed by atoms with Gasteiger partial charge in [0.25, 0.3) is 5.91 Å². The van der Waals surface area contributed by atoms with Crippen molar-refractivity contribution in [1.29, 1.82) is 0 Å². The lowest BCUT2D eigenvalue weighted by Gasteiger charge is -2.24. The van der Waals surface area contributed by atoms with Crippen molar-refractivity contribution < 1.29 is 23.8 Å². The third kappa shape index (κ3) is 4.84. The molecule has 1 aliphatic rings. The van der Waals surface area contributed by atoms with E-state index in [4.69, 9.17) is 37.4 Å². The molecule has 2 aromatic rings. The number of carbonyl (C=O) groups is 2. The molecule has 0 saturated heterocycles. The Morgan fingerprint density at radius 3 is 2.70 bits per heavy atom. The number of rotatable bonds is 5. The maximum Gasteiger partial charge on any atom is 0.313 e. The van der Waals surface area contributed by atoms with Crippen molar-refractivity contribution in [2.45, 2.75) is 6.42 Å². The third-order valence-electron chi connectivity index (χ3n) is 4.04. The van der Waals surface area contributed by atoms with E-state index < -0.39 is 24.4 Å². The summed E-state index contributed by atoms with van der Waals surface area (Å²) < 4.78 is 15.9. The van der Waals surface area contributed by atoms with Gasteiger partial charge in [-0.2, -0.15) is 0 Å². The molecule has 0 aromatic heterocycles. The first-order valence-electron chi connectivity index (χ1n) is 8.17. The van der Waals surface area contributed by atoms with Gasteiger partial charge < -0.3 is 19.5 Å². The Balaban J connectivity index is 1.55. The average Bonchev–Trinajstić information content (AvgIpc) is 2.65. The fraction of sp³-hybridized carbons (Fsp3) is 0.263. The summed E-state index contributed by atoms with van der Waals surface area (Å²) in [7, 11) is 1.48. The van der Waals surface area contributed by atoms with Crippen LogP contribution in [0.3, 0.4) is 0 Å². The van der Waals surface area contributed by atoms with E-state index in [1.165, 1.54) is 7.11 Å². The van der Waals surface area contributed by atoms with Crippen molar-refractivity contribution in [2.24, 2.45) is 5.92 Å². The number of hydrogen-bond donors (Lipinski definition) is 1. The summed E-state index contributed by atoms with van der Waals surface area (Å²) in [5.41, 5.74) is 1.24. The third-order valence-corrected chi connectivity index (χ3v) is 4.51. The fourth-order valence-corrected chi connectivity index (χ4v) is 3.10. The number of amides is 1. The van der Waals surface area contributed by atoms with Gasteiger partial charge in [-0.25, -0.2) is 0 Å². The topological polar surface area (TPSA) is 73.9 Å². The number of ether oxygens (including phenoxy) is 3. The number of fused-ring (bicyclic) bond motifs is 1. The predicted molar refractivity (Wildman–Crippen MR) is 102 cm³/mol. The number of esters is 1. The van der Waals surface area contributed by atoms with Gasteiger partial charge in [0.1, 0.15) is 18.1 Å². The van der Waals surface area contributed by atoms with Crippen molar-refractivity contribution in [3.05, 3.63) is 52.0 Å². The van der Waals surface area contributed by atoms with Crippen LogP contribution in [0.2, 0.25) is 10.0 Å². The van der Waals surface area contributed by atoms with E-state index >= 15 is 0 Å². The van der Waals surface area contributed by atoms with Gasteiger partial charge in [-0.3, -0.25) is 9.59 Å². The highest BCUT2D eigenvalue weighted by Crippen LogP contribution is 2.30. The fourth-order valence-electron chi connectivity index (χ4n) is 2.73. The molecule has 1 aliphatic heterocycles. The van der Waals surface area contributed by atoms with Crippen molar-refractivity contribution >= 4 is 40.8 Å². The lowest BCUT2D eigenvalue weighted by molar-refractivity contribution is -0.152. The summed E-state index contributed by atoms with van der Waals surface area (Å²) in [6.07, 6.45) is 0.443. The van der Waals surface area contributed by atoms with Gasteiger partial charge in [0, 0.05) is 10.0 Å². The molecule has 0 unspecified atom stereocenters. The van der Waals surface area contributed by atoms with Crippen molar-refractivity contribution in [3.63, 3.8) is 0 Å². The summed E-state index contributed by atoms with van der Waals surface area (Å²) >= 11 is 11.9. The highest BCUT2D eigenvalue weighted by Gasteiger charge is 2.28. The second-order valence-electron chi connectivity index (χ2n) is 5.96. The van der Waals surface area contributed by atoms with Crippen LogP contribution in [0.4, 0.5) is 5.69 Å². The highest BCUT2D eigenvalue weighted by molar-refractivity contribution is 6.31. The molecule has 8 heteroatoms. The molecule has 1 amide bonds. The van der Waals surface area contributed by atoms with Crippen molar-refractivity contribution in [1.82, 2.24) is 0 Å². The number of benzene rings is 2. The van der Waals surface area contributed by atoms with Crippen molar-refractivity contribution in [3.8, 4) is 11.5 Å². The van der Waals surface area contributed by atoms with Crippen LogP contribution in [0, 0.1) is 5.92 Å². The van der Waals surface area contributed by atoms with Crippen LogP contribution in [0.25, 0.3) is 0 Å². The van der Waals surface area contributed by atoms with E-state index in [9.17, 15) is 9.59 Å². The largest absolute Gasteiger partial charge is 0.495 e. The number of carbonyl (C=O) groups excluding carboxylic acids is 2. The van der Waals surface area contributed by atoms with E-state index in [0.717, 1.165) is 5.56 Å². The molecule has 0 fully saturated rings. The molecule has 1 atom stereocenters. The first-order valence-corrected chi connectivity index (χ1v) is 8.93. The summed E-state index contributed by atoms with van der Waals surface area (Å²) in [5.74, 6) is -0.343.